The molecule has 1 atom stereocenters. The molecular formula is C10H7NO3. The number of amides is 2. The van der Waals surface area contributed by atoms with E-state index in [1.165, 1.54) is 6.26 Å². The summed E-state index contributed by atoms with van der Waals surface area (Å²) in [5, 5.41) is 2.31. The fraction of sp³-hybridized carbons (Fsp3) is 0.200. The second kappa shape index (κ2) is 2.15. The molecular weight excluding hydrogens is 182 g/mol. The Labute approximate surface area is 79.6 Å². The Morgan fingerprint density at radius 1 is 1.43 bits per heavy atom. The van der Waals surface area contributed by atoms with Gasteiger partial charge in [0.15, 0.2) is 0 Å². The number of imide groups is 1. The molecule has 2 heterocycles. The molecule has 4 heteroatoms. The number of hydrogen-bond donors (Lipinski definition) is 1. The monoisotopic (exact) mass is 189 g/mol. The highest BCUT2D eigenvalue weighted by molar-refractivity contribution is 6.11. The zero-order chi connectivity index (χ0) is 9.76. The van der Waals surface area contributed by atoms with Gasteiger partial charge in [-0.1, -0.05) is 6.08 Å². The number of fused-ring (bicyclic) bond motifs is 2. The molecule has 4 nitrogen and oxygen atoms in total. The van der Waals surface area contributed by atoms with Gasteiger partial charge in [-0.3, -0.25) is 14.9 Å². The summed E-state index contributed by atoms with van der Waals surface area (Å²) < 4.78 is 5.17. The van der Waals surface area contributed by atoms with Crippen LogP contribution in [0.5, 0.6) is 0 Å². The van der Waals surface area contributed by atoms with E-state index in [0.29, 0.717) is 5.76 Å². The van der Waals surface area contributed by atoms with Crippen molar-refractivity contribution in [3.05, 3.63) is 29.7 Å². The van der Waals surface area contributed by atoms with Crippen LogP contribution in [0.15, 0.2) is 22.8 Å². The molecule has 1 unspecified atom stereocenters. The third-order valence-corrected chi connectivity index (χ3v) is 2.79. The van der Waals surface area contributed by atoms with E-state index in [1.807, 2.05) is 0 Å². The Morgan fingerprint density at radius 3 is 3.00 bits per heavy atom. The molecule has 3 rings (SSSR count). The van der Waals surface area contributed by atoms with Gasteiger partial charge in [0.25, 0.3) is 0 Å². The van der Waals surface area contributed by atoms with E-state index >= 15 is 0 Å². The maximum Gasteiger partial charge on any atom is 0.241 e. The van der Waals surface area contributed by atoms with E-state index in [0.717, 1.165) is 5.56 Å². The molecule has 0 radical (unpaired) electrons. The average Bonchev–Trinajstić information content (AvgIpc) is 2.73. The highest BCUT2D eigenvalue weighted by atomic mass is 16.3. The molecule has 1 saturated heterocycles. The van der Waals surface area contributed by atoms with Crippen LogP contribution in [-0.2, 0) is 15.0 Å². The molecule has 1 aliphatic carbocycles. The zero-order valence-electron chi connectivity index (χ0n) is 7.24. The standard InChI is InChI=1S/C10H7NO3/c12-8-5-10(9(13)11-8)3-1-7-6(10)2-4-14-7/h1-4H,5H2,(H,11,12,13). The maximum atomic E-state index is 11.6. The van der Waals surface area contributed by atoms with Crippen molar-refractivity contribution in [3.8, 4) is 0 Å². The number of rotatable bonds is 0. The van der Waals surface area contributed by atoms with Crippen LogP contribution in [0, 0.1) is 0 Å². The van der Waals surface area contributed by atoms with Crippen molar-refractivity contribution in [1.29, 1.82) is 0 Å². The first kappa shape index (κ1) is 7.55. The fourth-order valence-electron chi connectivity index (χ4n) is 2.09. The van der Waals surface area contributed by atoms with Crippen LogP contribution in [0.1, 0.15) is 17.7 Å². The van der Waals surface area contributed by atoms with Gasteiger partial charge in [0.2, 0.25) is 11.8 Å². The van der Waals surface area contributed by atoms with Crippen molar-refractivity contribution < 1.29 is 14.0 Å². The third-order valence-electron chi connectivity index (χ3n) is 2.79. The lowest BCUT2D eigenvalue weighted by Gasteiger charge is -2.15. The molecule has 2 aliphatic rings. The lowest BCUT2D eigenvalue weighted by Crippen LogP contribution is -2.32. The van der Waals surface area contributed by atoms with E-state index in [-0.39, 0.29) is 18.2 Å². The topological polar surface area (TPSA) is 59.3 Å². The second-order valence-electron chi connectivity index (χ2n) is 3.56. The van der Waals surface area contributed by atoms with E-state index < -0.39 is 5.41 Å². The fourth-order valence-corrected chi connectivity index (χ4v) is 2.09. The highest BCUT2D eigenvalue weighted by Gasteiger charge is 2.50. The van der Waals surface area contributed by atoms with Gasteiger partial charge in [0.1, 0.15) is 11.2 Å². The van der Waals surface area contributed by atoms with Crippen LogP contribution in [0.4, 0.5) is 0 Å². The molecule has 1 spiro atoms. The predicted molar refractivity (Wildman–Crippen MR) is 47.2 cm³/mol. The van der Waals surface area contributed by atoms with Gasteiger partial charge in [-0.15, -0.1) is 0 Å². The summed E-state index contributed by atoms with van der Waals surface area (Å²) in [7, 11) is 0. The zero-order valence-corrected chi connectivity index (χ0v) is 7.24. The van der Waals surface area contributed by atoms with E-state index in [2.05, 4.69) is 5.32 Å². The Bertz CT molecular complexity index is 471. The Hall–Kier alpha value is -1.84. The summed E-state index contributed by atoms with van der Waals surface area (Å²) >= 11 is 0. The summed E-state index contributed by atoms with van der Waals surface area (Å²) in [4.78, 5) is 22.8. The lowest BCUT2D eigenvalue weighted by atomic mass is 9.82. The SMILES string of the molecule is O=C1CC2(C=Cc3occc32)C(=O)N1. The first-order valence-electron chi connectivity index (χ1n) is 4.34. The van der Waals surface area contributed by atoms with E-state index in [1.54, 1.807) is 18.2 Å². The molecule has 0 bridgehead atoms. The second-order valence-corrected chi connectivity index (χ2v) is 3.56. The summed E-state index contributed by atoms with van der Waals surface area (Å²) in [5.41, 5.74) is 0.000208. The van der Waals surface area contributed by atoms with Crippen LogP contribution < -0.4 is 5.32 Å². The number of carbonyl (C=O) groups is 2. The number of hydrogen-bond acceptors (Lipinski definition) is 3. The van der Waals surface area contributed by atoms with Crippen LogP contribution in [0.25, 0.3) is 6.08 Å². The highest BCUT2D eigenvalue weighted by Crippen LogP contribution is 2.41. The normalized spacial score (nSPS) is 28.6. The number of furan rings is 1. The Morgan fingerprint density at radius 2 is 2.29 bits per heavy atom. The molecule has 70 valence electrons. The van der Waals surface area contributed by atoms with Crippen molar-refractivity contribution >= 4 is 17.9 Å². The van der Waals surface area contributed by atoms with Gasteiger partial charge in [0.05, 0.1) is 6.26 Å². The summed E-state index contributed by atoms with van der Waals surface area (Å²) in [5.74, 6) is 0.197. The van der Waals surface area contributed by atoms with Crippen molar-refractivity contribution in [1.82, 2.24) is 5.32 Å². The predicted octanol–water partition coefficient (Wildman–Crippen LogP) is 0.591. The smallest absolute Gasteiger partial charge is 0.241 e. The van der Waals surface area contributed by atoms with Crippen molar-refractivity contribution in [2.45, 2.75) is 11.8 Å². The molecule has 2 amide bonds. The number of nitrogens with one attached hydrogen (secondary N) is 1. The van der Waals surface area contributed by atoms with Gasteiger partial charge >= 0.3 is 0 Å². The van der Waals surface area contributed by atoms with Crippen molar-refractivity contribution in [3.63, 3.8) is 0 Å². The van der Waals surface area contributed by atoms with Gasteiger partial charge in [-0.25, -0.2) is 0 Å². The van der Waals surface area contributed by atoms with Crippen LogP contribution >= 0.6 is 0 Å². The Balaban J connectivity index is 2.21. The van der Waals surface area contributed by atoms with Gasteiger partial charge < -0.3 is 4.42 Å². The Kier molecular flexibility index (Phi) is 1.16. The lowest BCUT2D eigenvalue weighted by molar-refractivity contribution is -0.125. The minimum Gasteiger partial charge on any atom is -0.465 e. The molecule has 1 aromatic heterocycles. The summed E-state index contributed by atoms with van der Waals surface area (Å²) in [6.07, 6.45) is 5.20. The average molecular weight is 189 g/mol. The maximum absolute atomic E-state index is 11.6. The third kappa shape index (κ3) is 0.690. The molecule has 14 heavy (non-hydrogen) atoms. The minimum atomic E-state index is -0.792. The van der Waals surface area contributed by atoms with Crippen LogP contribution in [0.2, 0.25) is 0 Å². The quantitative estimate of drug-likeness (QED) is 0.607. The molecule has 1 aliphatic heterocycles. The molecule has 0 saturated carbocycles. The molecule has 1 aromatic rings. The van der Waals surface area contributed by atoms with Crippen molar-refractivity contribution in [2.24, 2.45) is 0 Å². The van der Waals surface area contributed by atoms with Crippen LogP contribution in [-0.4, -0.2) is 11.8 Å². The largest absolute Gasteiger partial charge is 0.465 e. The summed E-state index contributed by atoms with van der Waals surface area (Å²) in [6, 6.07) is 1.74. The minimum absolute atomic E-state index is 0.189. The van der Waals surface area contributed by atoms with Gasteiger partial charge in [-0.2, -0.15) is 0 Å². The first-order chi connectivity index (χ1) is 6.72. The van der Waals surface area contributed by atoms with Gasteiger partial charge in [-0.05, 0) is 12.1 Å². The summed E-state index contributed by atoms with van der Waals surface area (Å²) in [6.45, 7) is 0. The first-order valence-corrected chi connectivity index (χ1v) is 4.34. The van der Waals surface area contributed by atoms with E-state index in [9.17, 15) is 9.59 Å². The van der Waals surface area contributed by atoms with Crippen LogP contribution in [0.3, 0.4) is 0 Å². The van der Waals surface area contributed by atoms with Crippen molar-refractivity contribution in [2.75, 3.05) is 0 Å². The van der Waals surface area contributed by atoms with Gasteiger partial charge in [0, 0.05) is 12.0 Å². The number of carbonyl (C=O) groups excluding carboxylic acids is 2. The molecule has 1 fully saturated rings. The van der Waals surface area contributed by atoms with E-state index in [4.69, 9.17) is 4.42 Å². The molecule has 1 N–H and O–H groups in total. The molecule has 0 aromatic carbocycles.